The van der Waals surface area contributed by atoms with Crippen LogP contribution < -0.4 is 4.72 Å². The first-order valence-electron chi connectivity index (χ1n) is 6.16. The zero-order valence-corrected chi connectivity index (χ0v) is 12.1. The topological polar surface area (TPSA) is 97.1 Å². The Morgan fingerprint density at radius 2 is 2.19 bits per heavy atom. The van der Waals surface area contributed by atoms with E-state index in [0.717, 1.165) is 12.1 Å². The van der Waals surface area contributed by atoms with Gasteiger partial charge in [0.2, 0.25) is 10.0 Å². The van der Waals surface area contributed by atoms with Gasteiger partial charge in [-0.05, 0) is 17.7 Å². The molecule has 0 spiro atoms. The number of nitrogens with zero attached hydrogens (tertiary/aromatic N) is 3. The number of nitrogens with one attached hydrogen (secondary N) is 1. The Morgan fingerprint density at radius 1 is 1.43 bits per heavy atom. The lowest BCUT2D eigenvalue weighted by Gasteiger charge is -2.07. The van der Waals surface area contributed by atoms with Gasteiger partial charge < -0.3 is 5.11 Å². The minimum absolute atomic E-state index is 0.0630. The molecular formula is C12H15FN4O3S. The quantitative estimate of drug-likeness (QED) is 0.780. The minimum atomic E-state index is -3.95. The summed E-state index contributed by atoms with van der Waals surface area (Å²) in [5, 5.41) is 12.9. The van der Waals surface area contributed by atoms with Crippen LogP contribution in [0.25, 0.3) is 0 Å². The van der Waals surface area contributed by atoms with Crippen LogP contribution in [0, 0.1) is 5.82 Å². The van der Waals surface area contributed by atoms with Crippen molar-refractivity contribution in [3.63, 3.8) is 0 Å². The molecule has 2 rings (SSSR count). The lowest BCUT2D eigenvalue weighted by Crippen LogP contribution is -2.27. The molecule has 0 amide bonds. The van der Waals surface area contributed by atoms with Crippen molar-refractivity contribution in [3.8, 4) is 0 Å². The minimum Gasteiger partial charge on any atom is -0.392 e. The fraction of sp³-hybridized carbons (Fsp3) is 0.333. The van der Waals surface area contributed by atoms with E-state index >= 15 is 0 Å². The third kappa shape index (κ3) is 3.84. The van der Waals surface area contributed by atoms with E-state index in [1.54, 1.807) is 7.05 Å². The average Bonchev–Trinajstić information content (AvgIpc) is 2.83. The Kier molecular flexibility index (Phi) is 4.66. The van der Waals surface area contributed by atoms with Gasteiger partial charge in [-0.1, -0.05) is 6.07 Å². The molecule has 21 heavy (non-hydrogen) atoms. The van der Waals surface area contributed by atoms with Gasteiger partial charge in [0.05, 0.1) is 6.61 Å². The lowest BCUT2D eigenvalue weighted by atomic mass is 10.2. The third-order valence-corrected chi connectivity index (χ3v) is 4.25. The summed E-state index contributed by atoms with van der Waals surface area (Å²) in [6.45, 7) is -0.288. The number of hydrogen-bond acceptors (Lipinski definition) is 5. The maximum atomic E-state index is 13.7. The number of sulfonamides is 1. The molecule has 7 nitrogen and oxygen atoms in total. The number of halogens is 1. The third-order valence-electron chi connectivity index (χ3n) is 2.76. The Morgan fingerprint density at radius 3 is 2.76 bits per heavy atom. The maximum absolute atomic E-state index is 13.7. The van der Waals surface area contributed by atoms with Crippen LogP contribution in [0.15, 0.2) is 29.4 Å². The first-order chi connectivity index (χ1) is 9.92. The molecule has 1 aromatic carbocycles. The Hall–Kier alpha value is -1.84. The molecule has 2 N–H and O–H groups in total. The van der Waals surface area contributed by atoms with Crippen molar-refractivity contribution in [1.82, 2.24) is 19.5 Å². The number of aromatic nitrogens is 3. The number of aryl methyl sites for hydroxylation is 1. The van der Waals surface area contributed by atoms with Gasteiger partial charge in [-0.15, -0.1) is 0 Å². The van der Waals surface area contributed by atoms with E-state index < -0.39 is 20.7 Å². The predicted molar refractivity (Wildman–Crippen MR) is 72.2 cm³/mol. The second-order valence-electron chi connectivity index (χ2n) is 4.41. The zero-order valence-electron chi connectivity index (χ0n) is 11.3. The van der Waals surface area contributed by atoms with Crippen LogP contribution in [-0.2, 0) is 30.1 Å². The molecule has 114 valence electrons. The van der Waals surface area contributed by atoms with Gasteiger partial charge in [0.15, 0.2) is 5.82 Å². The molecule has 0 fully saturated rings. The second-order valence-corrected chi connectivity index (χ2v) is 6.14. The maximum Gasteiger partial charge on any atom is 0.243 e. The smallest absolute Gasteiger partial charge is 0.243 e. The van der Waals surface area contributed by atoms with Crippen molar-refractivity contribution in [2.75, 3.05) is 6.54 Å². The predicted octanol–water partition coefficient (Wildman–Crippen LogP) is -0.0325. The van der Waals surface area contributed by atoms with E-state index in [9.17, 15) is 12.8 Å². The molecule has 0 saturated carbocycles. The molecule has 2 aromatic rings. The van der Waals surface area contributed by atoms with Gasteiger partial charge in [-0.2, -0.15) is 5.10 Å². The van der Waals surface area contributed by atoms with Crippen molar-refractivity contribution in [2.45, 2.75) is 17.9 Å². The van der Waals surface area contributed by atoms with E-state index in [0.29, 0.717) is 17.8 Å². The molecule has 1 aromatic heterocycles. The van der Waals surface area contributed by atoms with Crippen LogP contribution in [0.1, 0.15) is 11.4 Å². The molecule has 1 heterocycles. The van der Waals surface area contributed by atoms with E-state index in [4.69, 9.17) is 5.11 Å². The van der Waals surface area contributed by atoms with E-state index in [1.165, 1.54) is 17.1 Å². The highest BCUT2D eigenvalue weighted by Crippen LogP contribution is 2.16. The fourth-order valence-electron chi connectivity index (χ4n) is 1.73. The van der Waals surface area contributed by atoms with Crippen LogP contribution in [0.3, 0.4) is 0 Å². The summed E-state index contributed by atoms with van der Waals surface area (Å²) >= 11 is 0. The van der Waals surface area contributed by atoms with Crippen LogP contribution in [-0.4, -0.2) is 34.8 Å². The van der Waals surface area contributed by atoms with E-state index in [1.807, 2.05) is 0 Å². The van der Waals surface area contributed by atoms with Gasteiger partial charge in [-0.3, -0.25) is 4.68 Å². The van der Waals surface area contributed by atoms with Crippen LogP contribution in [0.4, 0.5) is 4.39 Å². The summed E-state index contributed by atoms with van der Waals surface area (Å²) in [4.78, 5) is 3.51. The van der Waals surface area contributed by atoms with Crippen molar-refractivity contribution in [1.29, 1.82) is 0 Å². The van der Waals surface area contributed by atoms with Crippen LogP contribution >= 0.6 is 0 Å². The SMILES string of the molecule is Cn1cnc(CCNS(=O)(=O)c2ccc(CO)cc2F)n1. The number of rotatable bonds is 6. The second kappa shape index (κ2) is 6.29. The molecule has 0 atom stereocenters. The summed E-state index contributed by atoms with van der Waals surface area (Å²) in [6, 6.07) is 3.48. The number of hydrogen-bond donors (Lipinski definition) is 2. The standard InChI is InChI=1S/C12H15FN4O3S/c1-17-8-14-12(16-17)4-5-15-21(19,20)11-3-2-9(7-18)6-10(11)13/h2-3,6,8,15,18H,4-5,7H2,1H3. The fourth-order valence-corrected chi connectivity index (χ4v) is 2.82. The first kappa shape index (κ1) is 15.5. The molecule has 0 unspecified atom stereocenters. The summed E-state index contributed by atoms with van der Waals surface area (Å²) in [5.74, 6) is -0.402. The molecule has 0 aliphatic heterocycles. The highest BCUT2D eigenvalue weighted by atomic mass is 32.2. The Labute approximate surface area is 121 Å². The Bertz CT molecular complexity index is 730. The Balaban J connectivity index is 2.04. The van der Waals surface area contributed by atoms with Crippen molar-refractivity contribution in [2.24, 2.45) is 7.05 Å². The molecule has 0 saturated heterocycles. The van der Waals surface area contributed by atoms with Gasteiger partial charge in [0.1, 0.15) is 17.0 Å². The summed E-state index contributed by atoms with van der Waals surface area (Å²) in [5.41, 5.74) is 0.309. The van der Waals surface area contributed by atoms with Gasteiger partial charge >= 0.3 is 0 Å². The average molecular weight is 314 g/mol. The lowest BCUT2D eigenvalue weighted by molar-refractivity contribution is 0.281. The van der Waals surface area contributed by atoms with Crippen LogP contribution in [0.5, 0.6) is 0 Å². The molecule has 0 radical (unpaired) electrons. The van der Waals surface area contributed by atoms with Gasteiger partial charge in [-0.25, -0.2) is 22.5 Å². The highest BCUT2D eigenvalue weighted by molar-refractivity contribution is 7.89. The molecule has 0 bridgehead atoms. The monoisotopic (exact) mass is 314 g/mol. The van der Waals surface area contributed by atoms with Crippen molar-refractivity contribution < 1.29 is 17.9 Å². The van der Waals surface area contributed by atoms with E-state index in [-0.39, 0.29) is 13.2 Å². The van der Waals surface area contributed by atoms with E-state index in [2.05, 4.69) is 14.8 Å². The van der Waals surface area contributed by atoms with Gasteiger partial charge in [0.25, 0.3) is 0 Å². The normalized spacial score (nSPS) is 11.8. The van der Waals surface area contributed by atoms with Crippen molar-refractivity contribution >= 4 is 10.0 Å². The van der Waals surface area contributed by atoms with Gasteiger partial charge in [0, 0.05) is 20.0 Å². The summed E-state index contributed by atoms with van der Waals surface area (Å²) in [6.07, 6.45) is 1.81. The number of benzene rings is 1. The van der Waals surface area contributed by atoms with Crippen molar-refractivity contribution in [3.05, 3.63) is 41.7 Å². The largest absolute Gasteiger partial charge is 0.392 e. The molecule has 9 heteroatoms. The summed E-state index contributed by atoms with van der Waals surface area (Å²) < 4.78 is 41.5. The first-order valence-corrected chi connectivity index (χ1v) is 7.64. The number of aliphatic hydroxyl groups excluding tert-OH is 1. The molecule has 0 aliphatic rings. The highest BCUT2D eigenvalue weighted by Gasteiger charge is 2.19. The summed E-state index contributed by atoms with van der Waals surface area (Å²) in [7, 11) is -2.24. The molecule has 0 aliphatic carbocycles. The van der Waals surface area contributed by atoms with Crippen LogP contribution in [0.2, 0.25) is 0 Å². The zero-order chi connectivity index (χ0) is 15.5. The molecular weight excluding hydrogens is 299 g/mol. The number of aliphatic hydroxyl groups is 1.